The Labute approximate surface area is 168 Å². The summed E-state index contributed by atoms with van der Waals surface area (Å²) in [5, 5.41) is 1.02. The summed E-state index contributed by atoms with van der Waals surface area (Å²) in [5.74, 6) is 0. The Bertz CT molecular complexity index is 874. The molecule has 1 aliphatic heterocycles. The van der Waals surface area contributed by atoms with Gasteiger partial charge in [0.25, 0.3) is 0 Å². The Kier molecular flexibility index (Phi) is 6.25. The van der Waals surface area contributed by atoms with Gasteiger partial charge in [-0.1, -0.05) is 75.4 Å². The molecule has 0 amide bonds. The summed E-state index contributed by atoms with van der Waals surface area (Å²) in [6.45, 7) is 7.02. The van der Waals surface area contributed by atoms with Gasteiger partial charge in [0.15, 0.2) is 0 Å². The van der Waals surface area contributed by atoms with E-state index in [0.29, 0.717) is 13.0 Å². The third-order valence-electron chi connectivity index (χ3n) is 5.26. The topological polar surface area (TPSA) is 58.6 Å². The van der Waals surface area contributed by atoms with Crippen LogP contribution in [-0.2, 0) is 26.7 Å². The van der Waals surface area contributed by atoms with Gasteiger partial charge in [-0.2, -0.15) is 5.06 Å². The Balaban J connectivity index is 1.72. The van der Waals surface area contributed by atoms with E-state index in [9.17, 15) is 8.42 Å². The second-order valence-electron chi connectivity index (χ2n) is 8.37. The molecule has 6 heteroatoms. The van der Waals surface area contributed by atoms with Crippen molar-refractivity contribution >= 4 is 10.0 Å². The van der Waals surface area contributed by atoms with E-state index >= 15 is 0 Å². The predicted octanol–water partition coefficient (Wildman–Crippen LogP) is 3.43. The lowest BCUT2D eigenvalue weighted by atomic mass is 9.86. The second-order valence-corrected chi connectivity index (χ2v) is 10.4. The van der Waals surface area contributed by atoms with E-state index < -0.39 is 15.3 Å². The Hall–Kier alpha value is -1.73. The fourth-order valence-electron chi connectivity index (χ4n) is 3.55. The van der Waals surface area contributed by atoms with Crippen LogP contribution >= 0.6 is 0 Å². The highest BCUT2D eigenvalue weighted by Crippen LogP contribution is 2.34. The zero-order chi connectivity index (χ0) is 20.4. The summed E-state index contributed by atoms with van der Waals surface area (Å²) in [6.07, 6.45) is 0.661. The summed E-state index contributed by atoms with van der Waals surface area (Å²) >= 11 is 0. The largest absolute Gasteiger partial charge is 0.297 e. The van der Waals surface area contributed by atoms with E-state index in [-0.39, 0.29) is 18.1 Å². The van der Waals surface area contributed by atoms with Crippen molar-refractivity contribution in [1.29, 1.82) is 0 Å². The molecule has 0 radical (unpaired) electrons. The number of nitrogens with one attached hydrogen (secondary N) is 1. The fraction of sp³-hybridized carbons (Fsp3) is 0.455. The van der Waals surface area contributed by atoms with Crippen molar-refractivity contribution in [3.8, 4) is 0 Å². The van der Waals surface area contributed by atoms with Crippen molar-refractivity contribution in [3.63, 3.8) is 0 Å². The van der Waals surface area contributed by atoms with Crippen LogP contribution in [0.3, 0.4) is 0 Å². The second kappa shape index (κ2) is 8.33. The van der Waals surface area contributed by atoms with Gasteiger partial charge >= 0.3 is 0 Å². The van der Waals surface area contributed by atoms with E-state index in [1.807, 2.05) is 42.5 Å². The molecule has 152 valence electrons. The van der Waals surface area contributed by atoms with E-state index in [1.165, 1.54) is 5.56 Å². The molecule has 0 aromatic heterocycles. The first-order chi connectivity index (χ1) is 13.2. The molecule has 2 aromatic carbocycles. The predicted molar refractivity (Wildman–Crippen MR) is 112 cm³/mol. The van der Waals surface area contributed by atoms with Crippen molar-refractivity contribution in [1.82, 2.24) is 9.79 Å². The minimum atomic E-state index is -3.52. The fourth-order valence-corrected chi connectivity index (χ4v) is 5.06. The number of hydrogen-bond acceptors (Lipinski definition) is 4. The van der Waals surface area contributed by atoms with Gasteiger partial charge in [0.1, 0.15) is 5.25 Å². The summed E-state index contributed by atoms with van der Waals surface area (Å²) < 4.78 is 28.7. The third-order valence-corrected chi connectivity index (χ3v) is 7.06. The smallest absolute Gasteiger partial charge is 0.218 e. The molecule has 0 saturated carbocycles. The molecule has 0 unspecified atom stereocenters. The van der Waals surface area contributed by atoms with Crippen molar-refractivity contribution < 1.29 is 13.3 Å². The molecular formula is C22H30N2O3S. The average Bonchev–Trinajstić information content (AvgIpc) is 3.04. The van der Waals surface area contributed by atoms with E-state index in [2.05, 4.69) is 37.6 Å². The molecule has 0 bridgehead atoms. The maximum atomic E-state index is 13.0. The summed E-state index contributed by atoms with van der Waals surface area (Å²) in [5.41, 5.74) is 3.34. The zero-order valence-corrected chi connectivity index (χ0v) is 17.9. The minimum absolute atomic E-state index is 0.0566. The SMILES string of the molecule is CN1OC[C@@H](S(=O)(=O)NCCc2ccccc2)[C@@H]1c1ccc(C(C)(C)C)cc1. The van der Waals surface area contributed by atoms with E-state index in [1.54, 1.807) is 12.1 Å². The Morgan fingerprint density at radius 2 is 1.71 bits per heavy atom. The number of nitrogens with zero attached hydrogens (tertiary/aromatic N) is 1. The van der Waals surface area contributed by atoms with Crippen molar-refractivity contribution in [2.45, 2.75) is 43.9 Å². The summed E-state index contributed by atoms with van der Waals surface area (Å²) in [4.78, 5) is 5.60. The van der Waals surface area contributed by atoms with Crippen LogP contribution in [0.4, 0.5) is 0 Å². The Morgan fingerprint density at radius 3 is 2.32 bits per heavy atom. The summed E-state index contributed by atoms with van der Waals surface area (Å²) in [6, 6.07) is 17.7. The zero-order valence-electron chi connectivity index (χ0n) is 17.1. The van der Waals surface area contributed by atoms with Crippen LogP contribution in [0.1, 0.15) is 43.5 Å². The maximum Gasteiger partial charge on any atom is 0.218 e. The number of sulfonamides is 1. The third kappa shape index (κ3) is 4.81. The normalized spacial score (nSPS) is 21.1. The van der Waals surface area contributed by atoms with E-state index in [0.717, 1.165) is 11.1 Å². The molecule has 0 aliphatic carbocycles. The van der Waals surface area contributed by atoms with Gasteiger partial charge in [0.05, 0.1) is 12.6 Å². The van der Waals surface area contributed by atoms with Crippen LogP contribution in [0.2, 0.25) is 0 Å². The highest BCUT2D eigenvalue weighted by molar-refractivity contribution is 7.90. The van der Waals surface area contributed by atoms with Crippen LogP contribution in [-0.4, -0.2) is 38.9 Å². The van der Waals surface area contributed by atoms with Crippen LogP contribution in [0.25, 0.3) is 0 Å². The highest BCUT2D eigenvalue weighted by Gasteiger charge is 2.43. The number of hydroxylamine groups is 2. The van der Waals surface area contributed by atoms with Crippen LogP contribution in [0.15, 0.2) is 54.6 Å². The van der Waals surface area contributed by atoms with Crippen molar-refractivity contribution in [3.05, 3.63) is 71.3 Å². The Morgan fingerprint density at radius 1 is 1.07 bits per heavy atom. The quantitative estimate of drug-likeness (QED) is 0.804. The molecule has 2 atom stereocenters. The molecule has 1 heterocycles. The molecule has 0 spiro atoms. The van der Waals surface area contributed by atoms with Gasteiger partial charge in [-0.05, 0) is 28.5 Å². The molecule has 1 saturated heterocycles. The lowest BCUT2D eigenvalue weighted by Gasteiger charge is -2.25. The molecule has 5 nitrogen and oxygen atoms in total. The summed E-state index contributed by atoms with van der Waals surface area (Å²) in [7, 11) is -1.72. The monoisotopic (exact) mass is 402 g/mol. The molecule has 1 N–H and O–H groups in total. The van der Waals surface area contributed by atoms with Gasteiger partial charge in [-0.25, -0.2) is 13.1 Å². The van der Waals surface area contributed by atoms with E-state index in [4.69, 9.17) is 4.84 Å². The molecular weight excluding hydrogens is 372 g/mol. The molecule has 3 rings (SSSR count). The highest BCUT2D eigenvalue weighted by atomic mass is 32.2. The number of hydrogen-bond donors (Lipinski definition) is 1. The minimum Gasteiger partial charge on any atom is -0.297 e. The van der Waals surface area contributed by atoms with Crippen molar-refractivity contribution in [2.24, 2.45) is 0 Å². The maximum absolute atomic E-state index is 13.0. The van der Waals surface area contributed by atoms with Gasteiger partial charge in [-0.3, -0.25) is 4.84 Å². The van der Waals surface area contributed by atoms with Gasteiger partial charge in [-0.15, -0.1) is 0 Å². The average molecular weight is 403 g/mol. The standard InChI is InChI=1S/C22H30N2O3S/c1-22(2,3)19-12-10-18(11-13-19)21-20(16-27-24(21)4)28(25,26)23-15-14-17-8-6-5-7-9-17/h5-13,20-21,23H,14-16H2,1-4H3/t20-,21+/m1/s1. The first-order valence-corrected chi connectivity index (χ1v) is 11.2. The molecule has 1 aliphatic rings. The van der Waals surface area contributed by atoms with Crippen LogP contribution < -0.4 is 4.72 Å². The molecule has 28 heavy (non-hydrogen) atoms. The first-order valence-electron chi connectivity index (χ1n) is 9.67. The first kappa shape index (κ1) is 21.0. The number of rotatable bonds is 6. The van der Waals surface area contributed by atoms with Crippen molar-refractivity contribution in [2.75, 3.05) is 20.2 Å². The number of benzene rings is 2. The lowest BCUT2D eigenvalue weighted by Crippen LogP contribution is -2.40. The van der Waals surface area contributed by atoms with Crippen LogP contribution in [0.5, 0.6) is 0 Å². The van der Waals surface area contributed by atoms with Gasteiger partial charge in [0, 0.05) is 13.6 Å². The van der Waals surface area contributed by atoms with Gasteiger partial charge < -0.3 is 0 Å². The molecule has 2 aromatic rings. The lowest BCUT2D eigenvalue weighted by molar-refractivity contribution is -0.110. The van der Waals surface area contributed by atoms with Gasteiger partial charge in [0.2, 0.25) is 10.0 Å². The molecule has 1 fully saturated rings. The van der Waals surface area contributed by atoms with Crippen LogP contribution in [0, 0.1) is 0 Å².